The molecule has 0 amide bonds. The summed E-state index contributed by atoms with van der Waals surface area (Å²) in [5.41, 5.74) is 0.946. The molecule has 0 saturated heterocycles. The number of benzene rings is 1. The van der Waals surface area contributed by atoms with E-state index in [4.69, 9.17) is 4.52 Å². The fourth-order valence-electron chi connectivity index (χ4n) is 1.33. The molecule has 0 atom stereocenters. The molecule has 0 fully saturated rings. The van der Waals surface area contributed by atoms with Gasteiger partial charge in [0.05, 0.1) is 0 Å². The summed E-state index contributed by atoms with van der Waals surface area (Å²) in [4.78, 5) is 0. The molecule has 0 saturated carbocycles. The molecule has 1 aromatic heterocycles. The van der Waals surface area contributed by atoms with Gasteiger partial charge >= 0.3 is 0 Å². The van der Waals surface area contributed by atoms with E-state index in [0.717, 1.165) is 16.7 Å². The minimum atomic E-state index is 0.400. The fraction of sp³-hybridized carbons (Fsp3) is 0.300. The first-order valence-electron chi connectivity index (χ1n) is 4.13. The molecule has 0 N–H and O–H groups in total. The summed E-state index contributed by atoms with van der Waals surface area (Å²) in [6.07, 6.45) is 0. The summed E-state index contributed by atoms with van der Waals surface area (Å²) in [5, 5.41) is 5.10. The molecule has 62 valence electrons. The van der Waals surface area contributed by atoms with Crippen LogP contribution in [0.2, 0.25) is 0 Å². The Morgan fingerprint density at radius 2 is 2.00 bits per heavy atom. The zero-order chi connectivity index (χ0) is 8.55. The van der Waals surface area contributed by atoms with Crippen molar-refractivity contribution >= 4 is 10.9 Å². The SMILES string of the molecule is CC(C)c1onc2ccccc12. The molecule has 0 unspecified atom stereocenters. The number of rotatable bonds is 1. The molecule has 2 nitrogen and oxygen atoms in total. The van der Waals surface area contributed by atoms with Crippen LogP contribution in [0.25, 0.3) is 10.9 Å². The first kappa shape index (κ1) is 7.35. The molecule has 0 radical (unpaired) electrons. The lowest BCUT2D eigenvalue weighted by molar-refractivity contribution is 0.378. The lowest BCUT2D eigenvalue weighted by Gasteiger charge is -1.96. The highest BCUT2D eigenvalue weighted by Gasteiger charge is 2.09. The highest BCUT2D eigenvalue weighted by Crippen LogP contribution is 2.24. The maximum Gasteiger partial charge on any atom is 0.147 e. The van der Waals surface area contributed by atoms with Gasteiger partial charge in [-0.15, -0.1) is 0 Å². The van der Waals surface area contributed by atoms with Gasteiger partial charge < -0.3 is 4.52 Å². The molecule has 0 aliphatic rings. The third-order valence-electron chi connectivity index (χ3n) is 1.94. The maximum atomic E-state index is 5.23. The Bertz CT molecular complexity index is 389. The normalized spacial score (nSPS) is 11.2. The van der Waals surface area contributed by atoms with Crippen LogP contribution in [-0.2, 0) is 0 Å². The van der Waals surface area contributed by atoms with E-state index in [0.29, 0.717) is 5.92 Å². The highest BCUT2D eigenvalue weighted by molar-refractivity contribution is 5.80. The number of hydrogen-bond acceptors (Lipinski definition) is 2. The molecule has 1 aromatic carbocycles. The van der Waals surface area contributed by atoms with E-state index >= 15 is 0 Å². The predicted octanol–water partition coefficient (Wildman–Crippen LogP) is 2.95. The van der Waals surface area contributed by atoms with Crippen molar-refractivity contribution in [1.29, 1.82) is 0 Å². The van der Waals surface area contributed by atoms with Crippen molar-refractivity contribution in [2.24, 2.45) is 0 Å². The Morgan fingerprint density at radius 1 is 1.25 bits per heavy atom. The molecule has 0 aliphatic heterocycles. The molecule has 12 heavy (non-hydrogen) atoms. The summed E-state index contributed by atoms with van der Waals surface area (Å²) in [6, 6.07) is 7.98. The lowest BCUT2D eigenvalue weighted by atomic mass is 10.1. The summed E-state index contributed by atoms with van der Waals surface area (Å²) in [5.74, 6) is 1.38. The quantitative estimate of drug-likeness (QED) is 0.642. The number of fused-ring (bicyclic) bond motifs is 1. The van der Waals surface area contributed by atoms with Gasteiger partial charge in [0.1, 0.15) is 11.3 Å². The van der Waals surface area contributed by atoms with Gasteiger partial charge in [0, 0.05) is 11.3 Å². The van der Waals surface area contributed by atoms with Crippen LogP contribution in [0, 0.1) is 0 Å². The van der Waals surface area contributed by atoms with Crippen LogP contribution in [0.3, 0.4) is 0 Å². The van der Waals surface area contributed by atoms with Crippen LogP contribution >= 0.6 is 0 Å². The van der Waals surface area contributed by atoms with Crippen molar-refractivity contribution in [2.45, 2.75) is 19.8 Å². The van der Waals surface area contributed by atoms with E-state index in [1.807, 2.05) is 24.3 Å². The smallest absolute Gasteiger partial charge is 0.147 e. The largest absolute Gasteiger partial charge is 0.360 e. The van der Waals surface area contributed by atoms with E-state index in [9.17, 15) is 0 Å². The topological polar surface area (TPSA) is 26.0 Å². The molecule has 2 heteroatoms. The number of hydrogen-bond donors (Lipinski definition) is 0. The van der Waals surface area contributed by atoms with E-state index in [1.54, 1.807) is 0 Å². The number of aromatic nitrogens is 1. The number of nitrogens with zero attached hydrogens (tertiary/aromatic N) is 1. The second kappa shape index (κ2) is 2.63. The average molecular weight is 161 g/mol. The summed E-state index contributed by atoms with van der Waals surface area (Å²) in [6.45, 7) is 4.21. The Balaban J connectivity index is 2.70. The lowest BCUT2D eigenvalue weighted by Crippen LogP contribution is -1.82. The van der Waals surface area contributed by atoms with Crippen LogP contribution in [0.5, 0.6) is 0 Å². The minimum Gasteiger partial charge on any atom is -0.360 e. The van der Waals surface area contributed by atoms with Gasteiger partial charge in [0.25, 0.3) is 0 Å². The zero-order valence-electron chi connectivity index (χ0n) is 7.24. The second-order valence-corrected chi connectivity index (χ2v) is 3.22. The van der Waals surface area contributed by atoms with Gasteiger partial charge in [-0.3, -0.25) is 0 Å². The average Bonchev–Trinajstić information content (AvgIpc) is 2.47. The predicted molar refractivity (Wildman–Crippen MR) is 48.1 cm³/mol. The maximum absolute atomic E-state index is 5.23. The molecular weight excluding hydrogens is 150 g/mol. The van der Waals surface area contributed by atoms with Gasteiger partial charge in [-0.25, -0.2) is 0 Å². The fourth-order valence-corrected chi connectivity index (χ4v) is 1.33. The first-order valence-corrected chi connectivity index (χ1v) is 4.13. The molecule has 1 heterocycles. The van der Waals surface area contributed by atoms with Crippen molar-refractivity contribution in [2.75, 3.05) is 0 Å². The van der Waals surface area contributed by atoms with Crippen LogP contribution < -0.4 is 0 Å². The Labute approximate surface area is 71.2 Å². The van der Waals surface area contributed by atoms with Crippen LogP contribution in [0.15, 0.2) is 28.8 Å². The summed E-state index contributed by atoms with van der Waals surface area (Å²) >= 11 is 0. The zero-order valence-corrected chi connectivity index (χ0v) is 7.24. The first-order chi connectivity index (χ1) is 5.79. The van der Waals surface area contributed by atoms with Crippen LogP contribution in [-0.4, -0.2) is 5.16 Å². The van der Waals surface area contributed by atoms with Crippen molar-refractivity contribution in [3.05, 3.63) is 30.0 Å². The second-order valence-electron chi connectivity index (χ2n) is 3.22. The molecule has 0 spiro atoms. The highest BCUT2D eigenvalue weighted by atomic mass is 16.5. The van der Waals surface area contributed by atoms with Gasteiger partial charge in [-0.05, 0) is 12.1 Å². The summed E-state index contributed by atoms with van der Waals surface area (Å²) < 4.78 is 5.23. The molecule has 2 aromatic rings. The summed E-state index contributed by atoms with van der Waals surface area (Å²) in [7, 11) is 0. The minimum absolute atomic E-state index is 0.400. The molecule has 0 bridgehead atoms. The molecule has 2 rings (SSSR count). The van der Waals surface area contributed by atoms with Crippen LogP contribution in [0.4, 0.5) is 0 Å². The standard InChI is InChI=1S/C10H11NO/c1-7(2)10-8-5-3-4-6-9(8)11-12-10/h3-7H,1-2H3. The van der Waals surface area contributed by atoms with Crippen molar-refractivity contribution in [3.63, 3.8) is 0 Å². The molecular formula is C10H11NO. The van der Waals surface area contributed by atoms with Crippen molar-refractivity contribution in [3.8, 4) is 0 Å². The third kappa shape index (κ3) is 0.998. The molecule has 0 aliphatic carbocycles. The van der Waals surface area contributed by atoms with Gasteiger partial charge in [-0.1, -0.05) is 31.1 Å². The van der Waals surface area contributed by atoms with Crippen molar-refractivity contribution < 1.29 is 4.52 Å². The van der Waals surface area contributed by atoms with Gasteiger partial charge in [0.15, 0.2) is 0 Å². The van der Waals surface area contributed by atoms with E-state index < -0.39 is 0 Å². The van der Waals surface area contributed by atoms with E-state index in [-0.39, 0.29) is 0 Å². The third-order valence-corrected chi connectivity index (χ3v) is 1.94. The Kier molecular flexibility index (Phi) is 1.61. The Morgan fingerprint density at radius 3 is 2.75 bits per heavy atom. The van der Waals surface area contributed by atoms with E-state index in [1.165, 1.54) is 0 Å². The van der Waals surface area contributed by atoms with Gasteiger partial charge in [-0.2, -0.15) is 0 Å². The van der Waals surface area contributed by atoms with Crippen LogP contribution in [0.1, 0.15) is 25.5 Å². The van der Waals surface area contributed by atoms with E-state index in [2.05, 4.69) is 19.0 Å². The Hall–Kier alpha value is -1.31. The monoisotopic (exact) mass is 161 g/mol. The van der Waals surface area contributed by atoms with Crippen molar-refractivity contribution in [1.82, 2.24) is 5.16 Å². The van der Waals surface area contributed by atoms with Gasteiger partial charge in [0.2, 0.25) is 0 Å².